The van der Waals surface area contributed by atoms with Gasteiger partial charge >= 0.3 is 12.0 Å². The second-order valence-corrected chi connectivity index (χ2v) is 4.97. The molecule has 0 radical (unpaired) electrons. The number of amides is 2. The molecule has 1 atom stereocenters. The van der Waals surface area contributed by atoms with E-state index in [0.717, 1.165) is 18.7 Å². The molecule has 0 spiro atoms. The van der Waals surface area contributed by atoms with Crippen molar-refractivity contribution in [1.29, 1.82) is 0 Å². The lowest BCUT2D eigenvalue weighted by atomic mass is 10.0. The lowest BCUT2D eigenvalue weighted by Gasteiger charge is -2.39. The van der Waals surface area contributed by atoms with Gasteiger partial charge in [0.2, 0.25) is 0 Å². The van der Waals surface area contributed by atoms with Crippen LogP contribution in [0.1, 0.15) is 11.6 Å². The van der Waals surface area contributed by atoms with Crippen LogP contribution in [0.3, 0.4) is 0 Å². The van der Waals surface area contributed by atoms with E-state index < -0.39 is 18.6 Å². The number of carbonyl (C=O) groups excluding carboxylic acids is 1. The summed E-state index contributed by atoms with van der Waals surface area (Å²) in [7, 11) is 2.01. The number of hydrogen-bond acceptors (Lipinski definition) is 4. The number of urea groups is 1. The Kier molecular flexibility index (Phi) is 5.13. The molecule has 7 nitrogen and oxygen atoms in total. The van der Waals surface area contributed by atoms with E-state index >= 15 is 0 Å². The highest BCUT2D eigenvalue weighted by Gasteiger charge is 2.30. The minimum atomic E-state index is -1.13. The molecule has 21 heavy (non-hydrogen) atoms. The maximum absolute atomic E-state index is 12.1. The van der Waals surface area contributed by atoms with Gasteiger partial charge in [0.1, 0.15) is 0 Å². The molecule has 1 aliphatic heterocycles. The Morgan fingerprint density at radius 3 is 2.71 bits per heavy atom. The highest BCUT2D eigenvalue weighted by atomic mass is 16.7. The van der Waals surface area contributed by atoms with Gasteiger partial charge in [-0.25, -0.2) is 15.1 Å². The third kappa shape index (κ3) is 4.17. The molecule has 0 aromatic heterocycles. The van der Waals surface area contributed by atoms with Gasteiger partial charge < -0.3 is 14.9 Å². The number of aliphatic carboxylic acids is 1. The van der Waals surface area contributed by atoms with Crippen LogP contribution in [0.15, 0.2) is 30.3 Å². The first-order valence-electron chi connectivity index (χ1n) is 6.71. The fraction of sp³-hybridized carbons (Fsp3) is 0.429. The number of hydroxylamine groups is 1. The number of likely N-dealkylation sites (N-methyl/N-ethyl adjacent to an activating group) is 1. The van der Waals surface area contributed by atoms with E-state index in [2.05, 4.69) is 15.2 Å². The van der Waals surface area contributed by atoms with Crippen LogP contribution < -0.4 is 5.48 Å². The first-order chi connectivity index (χ1) is 10.1. The van der Waals surface area contributed by atoms with Crippen molar-refractivity contribution in [2.75, 3.05) is 33.3 Å². The monoisotopic (exact) mass is 293 g/mol. The summed E-state index contributed by atoms with van der Waals surface area (Å²) in [4.78, 5) is 31.0. The van der Waals surface area contributed by atoms with E-state index in [1.807, 2.05) is 37.4 Å². The van der Waals surface area contributed by atoms with Crippen molar-refractivity contribution in [1.82, 2.24) is 15.3 Å². The van der Waals surface area contributed by atoms with Crippen LogP contribution in [0.4, 0.5) is 4.79 Å². The first-order valence-corrected chi connectivity index (χ1v) is 6.71. The number of rotatable bonds is 4. The summed E-state index contributed by atoms with van der Waals surface area (Å²) in [6.45, 7) is 1.47. The Morgan fingerprint density at radius 1 is 1.33 bits per heavy atom. The summed E-state index contributed by atoms with van der Waals surface area (Å²) in [6.07, 6.45) is 0. The minimum Gasteiger partial charge on any atom is -0.479 e. The van der Waals surface area contributed by atoms with Gasteiger partial charge in [-0.1, -0.05) is 30.3 Å². The summed E-state index contributed by atoms with van der Waals surface area (Å²) < 4.78 is 0. The summed E-state index contributed by atoms with van der Waals surface area (Å²) >= 11 is 0. The molecular weight excluding hydrogens is 274 g/mol. The van der Waals surface area contributed by atoms with E-state index in [0.29, 0.717) is 6.54 Å². The van der Waals surface area contributed by atoms with Crippen molar-refractivity contribution in [3.05, 3.63) is 35.9 Å². The molecule has 1 unspecified atom stereocenters. The molecule has 0 bridgehead atoms. The number of hydrogen-bond donors (Lipinski definition) is 2. The molecule has 1 heterocycles. The summed E-state index contributed by atoms with van der Waals surface area (Å²) in [5.74, 6) is -1.13. The highest BCUT2D eigenvalue weighted by Crippen LogP contribution is 2.24. The Morgan fingerprint density at radius 2 is 2.05 bits per heavy atom. The van der Waals surface area contributed by atoms with Crippen molar-refractivity contribution in [3.8, 4) is 0 Å². The molecule has 0 saturated carbocycles. The molecule has 1 aromatic carbocycles. The van der Waals surface area contributed by atoms with E-state index in [-0.39, 0.29) is 6.04 Å². The number of benzene rings is 1. The van der Waals surface area contributed by atoms with Gasteiger partial charge in [-0.3, -0.25) is 4.84 Å². The zero-order valence-corrected chi connectivity index (χ0v) is 11.9. The molecule has 1 aliphatic rings. The van der Waals surface area contributed by atoms with Gasteiger partial charge in [0.15, 0.2) is 6.61 Å². The van der Waals surface area contributed by atoms with Gasteiger partial charge in [0.05, 0.1) is 6.04 Å². The van der Waals surface area contributed by atoms with E-state index in [9.17, 15) is 9.59 Å². The van der Waals surface area contributed by atoms with Crippen LogP contribution >= 0.6 is 0 Å². The molecule has 0 aliphatic carbocycles. The molecule has 2 amide bonds. The number of nitrogens with one attached hydrogen (secondary N) is 1. The SMILES string of the molecule is CN1CCN(C(=O)NOCC(=O)O)C(c2ccccc2)C1. The zero-order chi connectivity index (χ0) is 15.2. The molecule has 114 valence electrons. The van der Waals surface area contributed by atoms with E-state index in [1.54, 1.807) is 4.90 Å². The fourth-order valence-electron chi connectivity index (χ4n) is 2.34. The highest BCUT2D eigenvalue weighted by molar-refractivity contribution is 5.74. The molecule has 1 aromatic rings. The maximum Gasteiger partial charge on any atom is 0.341 e. The van der Waals surface area contributed by atoms with Crippen LogP contribution in [-0.4, -0.2) is 60.2 Å². The number of carboxylic acids is 1. The van der Waals surface area contributed by atoms with Gasteiger partial charge in [0.25, 0.3) is 0 Å². The summed E-state index contributed by atoms with van der Waals surface area (Å²) in [5, 5.41) is 8.50. The molecule has 1 fully saturated rings. The van der Waals surface area contributed by atoms with E-state index in [1.165, 1.54) is 0 Å². The van der Waals surface area contributed by atoms with Crippen molar-refractivity contribution >= 4 is 12.0 Å². The van der Waals surface area contributed by atoms with Crippen LogP contribution in [0.25, 0.3) is 0 Å². The number of carboxylic acid groups (broad SMARTS) is 1. The van der Waals surface area contributed by atoms with Crippen LogP contribution in [0, 0.1) is 0 Å². The first kappa shape index (κ1) is 15.3. The topological polar surface area (TPSA) is 82.1 Å². The van der Waals surface area contributed by atoms with Crippen molar-refractivity contribution in [2.45, 2.75) is 6.04 Å². The largest absolute Gasteiger partial charge is 0.479 e. The molecule has 7 heteroatoms. The van der Waals surface area contributed by atoms with Gasteiger partial charge in [-0.2, -0.15) is 0 Å². The van der Waals surface area contributed by atoms with Crippen molar-refractivity contribution < 1.29 is 19.5 Å². The average Bonchev–Trinajstić information content (AvgIpc) is 2.47. The Labute approximate surface area is 123 Å². The lowest BCUT2D eigenvalue weighted by molar-refractivity contribution is -0.144. The predicted octanol–water partition coefficient (Wildman–Crippen LogP) is 0.701. The van der Waals surface area contributed by atoms with Gasteiger partial charge in [-0.15, -0.1) is 0 Å². The standard InChI is InChI=1S/C14H19N3O4/c1-16-7-8-17(14(20)15-21-10-13(18)19)12(9-16)11-5-3-2-4-6-11/h2-6,12H,7-10H2,1H3,(H,15,20)(H,18,19). The normalized spacial score (nSPS) is 19.3. The molecule has 2 N–H and O–H groups in total. The maximum atomic E-state index is 12.1. The second kappa shape index (κ2) is 7.05. The van der Waals surface area contributed by atoms with E-state index in [4.69, 9.17) is 5.11 Å². The Bertz CT molecular complexity index is 494. The quantitative estimate of drug-likeness (QED) is 0.799. The smallest absolute Gasteiger partial charge is 0.341 e. The third-order valence-electron chi connectivity index (χ3n) is 3.38. The van der Waals surface area contributed by atoms with Crippen LogP contribution in [0.5, 0.6) is 0 Å². The predicted molar refractivity (Wildman–Crippen MR) is 75.5 cm³/mol. The lowest BCUT2D eigenvalue weighted by Crippen LogP contribution is -2.52. The Balaban J connectivity index is 2.04. The average molecular weight is 293 g/mol. The second-order valence-electron chi connectivity index (χ2n) is 4.97. The number of carbonyl (C=O) groups is 2. The number of nitrogens with zero attached hydrogens (tertiary/aromatic N) is 2. The van der Waals surface area contributed by atoms with Gasteiger partial charge in [-0.05, 0) is 12.6 Å². The van der Waals surface area contributed by atoms with Crippen molar-refractivity contribution in [2.24, 2.45) is 0 Å². The van der Waals surface area contributed by atoms with Crippen LogP contribution in [-0.2, 0) is 9.63 Å². The minimum absolute atomic E-state index is 0.0848. The molecule has 1 saturated heterocycles. The Hall–Kier alpha value is -2.12. The zero-order valence-electron chi connectivity index (χ0n) is 11.9. The van der Waals surface area contributed by atoms with Crippen molar-refractivity contribution in [3.63, 3.8) is 0 Å². The molecular formula is C14H19N3O4. The van der Waals surface area contributed by atoms with Crippen LogP contribution in [0.2, 0.25) is 0 Å². The summed E-state index contributed by atoms with van der Waals surface area (Å²) in [5.41, 5.74) is 3.23. The fourth-order valence-corrected chi connectivity index (χ4v) is 2.34. The number of piperazine rings is 1. The summed E-state index contributed by atoms with van der Waals surface area (Å²) in [6, 6.07) is 9.24. The van der Waals surface area contributed by atoms with Gasteiger partial charge in [0, 0.05) is 19.6 Å². The molecule has 2 rings (SSSR count). The third-order valence-corrected chi connectivity index (χ3v) is 3.38.